The lowest BCUT2D eigenvalue weighted by atomic mass is 10.2. The van der Waals surface area contributed by atoms with E-state index in [9.17, 15) is 4.79 Å². The van der Waals surface area contributed by atoms with Gasteiger partial charge in [0, 0.05) is 17.1 Å². The van der Waals surface area contributed by atoms with E-state index in [1.54, 1.807) is 28.8 Å². The Kier molecular flexibility index (Phi) is 3.27. The third kappa shape index (κ3) is 2.31. The number of amides is 1. The molecule has 2 aromatic heterocycles. The molecular weight excluding hydrogens is 372 g/mol. The second-order valence-electron chi connectivity index (χ2n) is 5.37. The molecule has 0 spiro atoms. The fourth-order valence-corrected chi connectivity index (χ4v) is 2.97. The zero-order valence-electron chi connectivity index (χ0n) is 12.7. The highest BCUT2D eigenvalue weighted by Crippen LogP contribution is 2.26. The van der Waals surface area contributed by atoms with Crippen LogP contribution in [0.2, 0.25) is 0 Å². The van der Waals surface area contributed by atoms with Crippen molar-refractivity contribution in [2.75, 3.05) is 10.6 Å². The first-order valence-corrected chi connectivity index (χ1v) is 8.02. The van der Waals surface area contributed by atoms with Gasteiger partial charge in [-0.05, 0) is 42.5 Å². The highest BCUT2D eigenvalue weighted by atomic mass is 79.9. The Balaban J connectivity index is 1.86. The first-order chi connectivity index (χ1) is 11.5. The summed E-state index contributed by atoms with van der Waals surface area (Å²) in [6.45, 7) is 1.48. The molecule has 120 valence electrons. The minimum atomic E-state index is -0.163. The number of imidazole rings is 1. The lowest BCUT2D eigenvalue weighted by molar-refractivity contribution is -0.115. The Morgan fingerprint density at radius 3 is 2.67 bits per heavy atom. The van der Waals surface area contributed by atoms with Gasteiger partial charge in [-0.15, -0.1) is 0 Å². The fraction of sp³-hybridized carbons (Fsp3) is 0.0625. The van der Waals surface area contributed by atoms with E-state index in [4.69, 9.17) is 5.73 Å². The number of halogens is 1. The standard InChI is InChI=1S/C16H13BrN6O/c1-9(24)22(12-5-3-11(18)4-6-12)16-20-15-19-13-8-10(17)2-7-14(13)23(15)21-16/h2-8H,18H2,1H3,(H,19,20,21). The zero-order valence-corrected chi connectivity index (χ0v) is 14.3. The van der Waals surface area contributed by atoms with Crippen molar-refractivity contribution in [2.24, 2.45) is 0 Å². The molecule has 4 aromatic rings. The summed E-state index contributed by atoms with van der Waals surface area (Å²) in [6, 6.07) is 12.8. The van der Waals surface area contributed by atoms with Crippen LogP contribution in [0.5, 0.6) is 0 Å². The lowest BCUT2D eigenvalue weighted by Crippen LogP contribution is -2.24. The summed E-state index contributed by atoms with van der Waals surface area (Å²) in [5, 5.41) is 3.13. The summed E-state index contributed by atoms with van der Waals surface area (Å²) >= 11 is 3.43. The van der Waals surface area contributed by atoms with Gasteiger partial charge in [-0.25, -0.2) is 14.4 Å². The summed E-state index contributed by atoms with van der Waals surface area (Å²) < 4.78 is 2.70. The normalized spacial score (nSPS) is 11.2. The first-order valence-electron chi connectivity index (χ1n) is 7.23. The average Bonchev–Trinajstić information content (AvgIpc) is 3.06. The number of carbonyl (C=O) groups excluding carboxylic acids is 1. The molecule has 0 bridgehead atoms. The number of aromatic amines is 1. The number of nitrogens with two attached hydrogens (primary N) is 1. The van der Waals surface area contributed by atoms with Crippen molar-refractivity contribution in [1.82, 2.24) is 19.6 Å². The molecule has 0 radical (unpaired) electrons. The Hall–Kier alpha value is -2.87. The van der Waals surface area contributed by atoms with Crippen LogP contribution in [0.4, 0.5) is 17.3 Å². The van der Waals surface area contributed by atoms with Gasteiger partial charge in [0.05, 0.1) is 16.7 Å². The van der Waals surface area contributed by atoms with E-state index >= 15 is 0 Å². The van der Waals surface area contributed by atoms with Gasteiger partial charge in [0.1, 0.15) is 0 Å². The van der Waals surface area contributed by atoms with Gasteiger partial charge in [-0.2, -0.15) is 4.98 Å². The number of nitrogens with one attached hydrogen (secondary N) is 1. The minimum absolute atomic E-state index is 0.163. The van der Waals surface area contributed by atoms with Gasteiger partial charge in [0.2, 0.25) is 11.9 Å². The number of anilines is 3. The Morgan fingerprint density at radius 1 is 1.21 bits per heavy atom. The number of hydrogen-bond donors (Lipinski definition) is 2. The van der Waals surface area contributed by atoms with Crippen LogP contribution in [0.25, 0.3) is 16.8 Å². The molecular formula is C16H13BrN6O. The fourth-order valence-electron chi connectivity index (χ4n) is 2.62. The predicted octanol–water partition coefficient (Wildman–Crippen LogP) is 3.24. The van der Waals surface area contributed by atoms with E-state index in [-0.39, 0.29) is 5.91 Å². The average molecular weight is 385 g/mol. The van der Waals surface area contributed by atoms with Crippen molar-refractivity contribution in [2.45, 2.75) is 6.92 Å². The number of aromatic nitrogens is 4. The molecule has 24 heavy (non-hydrogen) atoms. The summed E-state index contributed by atoms with van der Waals surface area (Å²) in [5.74, 6) is 0.739. The topological polar surface area (TPSA) is 92.3 Å². The minimum Gasteiger partial charge on any atom is -0.399 e. The van der Waals surface area contributed by atoms with Crippen LogP contribution in [0.3, 0.4) is 0 Å². The van der Waals surface area contributed by atoms with Crippen molar-refractivity contribution in [1.29, 1.82) is 0 Å². The smallest absolute Gasteiger partial charge is 0.253 e. The van der Waals surface area contributed by atoms with Crippen LogP contribution in [-0.2, 0) is 4.79 Å². The number of H-pyrrole nitrogens is 1. The number of nitrogen functional groups attached to an aromatic ring is 1. The molecule has 0 saturated carbocycles. The summed E-state index contributed by atoms with van der Waals surface area (Å²) in [6.07, 6.45) is 0. The first kappa shape index (κ1) is 14.7. The zero-order chi connectivity index (χ0) is 16.8. The second-order valence-corrected chi connectivity index (χ2v) is 6.29. The molecule has 0 unspecified atom stereocenters. The van der Waals surface area contributed by atoms with Gasteiger partial charge in [0.15, 0.2) is 0 Å². The van der Waals surface area contributed by atoms with Crippen molar-refractivity contribution >= 4 is 56.0 Å². The monoisotopic (exact) mass is 384 g/mol. The molecule has 3 N–H and O–H groups in total. The van der Waals surface area contributed by atoms with E-state index in [0.717, 1.165) is 15.5 Å². The van der Waals surface area contributed by atoms with E-state index < -0.39 is 0 Å². The quantitative estimate of drug-likeness (QED) is 0.518. The lowest BCUT2D eigenvalue weighted by Gasteiger charge is -2.17. The molecule has 4 rings (SSSR count). The molecule has 0 atom stereocenters. The van der Waals surface area contributed by atoms with Gasteiger partial charge in [0.25, 0.3) is 5.78 Å². The molecule has 0 aliphatic rings. The van der Waals surface area contributed by atoms with Crippen LogP contribution in [0.1, 0.15) is 6.92 Å². The van der Waals surface area contributed by atoms with Crippen LogP contribution in [0, 0.1) is 0 Å². The van der Waals surface area contributed by atoms with Gasteiger partial charge >= 0.3 is 0 Å². The number of hydrogen-bond acceptors (Lipinski definition) is 4. The molecule has 0 aliphatic carbocycles. The molecule has 2 heterocycles. The second kappa shape index (κ2) is 5.34. The van der Waals surface area contributed by atoms with Crippen molar-refractivity contribution in [3.05, 3.63) is 46.9 Å². The van der Waals surface area contributed by atoms with Crippen LogP contribution >= 0.6 is 15.9 Å². The maximum atomic E-state index is 12.1. The Labute approximate surface area is 145 Å². The van der Waals surface area contributed by atoms with Crippen LogP contribution < -0.4 is 10.6 Å². The largest absolute Gasteiger partial charge is 0.399 e. The third-order valence-corrected chi connectivity index (χ3v) is 4.19. The molecule has 8 heteroatoms. The summed E-state index contributed by atoms with van der Waals surface area (Å²) in [7, 11) is 0. The number of benzene rings is 2. The molecule has 7 nitrogen and oxygen atoms in total. The predicted molar refractivity (Wildman–Crippen MR) is 96.2 cm³/mol. The molecule has 0 aliphatic heterocycles. The highest BCUT2D eigenvalue weighted by Gasteiger charge is 2.20. The van der Waals surface area contributed by atoms with E-state index in [2.05, 4.69) is 31.0 Å². The molecule has 0 fully saturated rings. The van der Waals surface area contributed by atoms with E-state index in [1.807, 2.05) is 18.2 Å². The molecule has 2 aromatic carbocycles. The number of rotatable bonds is 2. The van der Waals surface area contributed by atoms with Crippen molar-refractivity contribution in [3.8, 4) is 0 Å². The molecule has 1 amide bonds. The maximum Gasteiger partial charge on any atom is 0.253 e. The van der Waals surface area contributed by atoms with Crippen molar-refractivity contribution in [3.63, 3.8) is 0 Å². The van der Waals surface area contributed by atoms with Crippen LogP contribution in [-0.4, -0.2) is 25.5 Å². The summed E-state index contributed by atoms with van der Waals surface area (Å²) in [5.41, 5.74) is 8.73. The van der Waals surface area contributed by atoms with Gasteiger partial charge < -0.3 is 5.73 Å². The van der Waals surface area contributed by atoms with E-state index in [0.29, 0.717) is 23.1 Å². The van der Waals surface area contributed by atoms with Crippen molar-refractivity contribution < 1.29 is 4.79 Å². The maximum absolute atomic E-state index is 12.1. The van der Waals surface area contributed by atoms with E-state index in [1.165, 1.54) is 11.8 Å². The van der Waals surface area contributed by atoms with Gasteiger partial charge in [-0.3, -0.25) is 9.89 Å². The third-order valence-electron chi connectivity index (χ3n) is 3.69. The number of nitrogens with zero attached hydrogens (tertiary/aromatic N) is 4. The van der Waals surface area contributed by atoms with Gasteiger partial charge in [-0.1, -0.05) is 15.9 Å². The van der Waals surface area contributed by atoms with Crippen LogP contribution in [0.15, 0.2) is 46.9 Å². The number of fused-ring (bicyclic) bond motifs is 3. The number of carbonyl (C=O) groups is 1. The molecule has 0 saturated heterocycles. The highest BCUT2D eigenvalue weighted by molar-refractivity contribution is 9.10. The Bertz CT molecular complexity index is 1070. The summed E-state index contributed by atoms with van der Waals surface area (Å²) in [4.78, 5) is 22.6. The SMILES string of the molecule is CC(=O)N(c1ccc(N)cc1)c1nc2nc3cc(Br)ccc3n2[nH]1. The Morgan fingerprint density at radius 2 is 1.96 bits per heavy atom.